The molecule has 0 aliphatic heterocycles. The van der Waals surface area contributed by atoms with Crippen LogP contribution in [0.5, 0.6) is 0 Å². The second-order valence-corrected chi connectivity index (χ2v) is 67.8. The molecule has 4 aliphatic rings. The Kier molecular flexibility index (Phi) is 19.1. The van der Waals surface area contributed by atoms with E-state index >= 15 is 0 Å². The van der Waals surface area contributed by atoms with Crippen LogP contribution in [0, 0.1) is 0 Å². The number of benzene rings is 8. The van der Waals surface area contributed by atoms with Crippen LogP contribution in [0.3, 0.4) is 0 Å². The molecule has 416 valence electrons. The Morgan fingerprint density at radius 1 is 0.329 bits per heavy atom. The first-order valence-corrected chi connectivity index (χ1v) is 52.6. The maximum Gasteiger partial charge on any atom is -1.00 e. The molecule has 0 saturated heterocycles. The normalized spacial score (nSPS) is 14.0. The number of allylic oxidation sites excluding steroid dienone is 8. The SMILES string of the molecule is CC(C)(C)c1cc2c([c]([Hf+]([C]3=CC=CC3)[SiH](c3ccccc3)c3ccccc3)c1)Cc1c-2cccc1C(C)(C)C.CC(C)(C)c1cc2c([c]([Hf+]([C]3=CC=CC3)[SiH](c3ccccc3)c3ccccc3)c1)Cc1c-2cccc1C(C)(C)C.[Cl-].[Cl-]. The Morgan fingerprint density at radius 2 is 0.646 bits per heavy atom. The van der Waals surface area contributed by atoms with E-state index in [-0.39, 0.29) is 46.5 Å². The average Bonchev–Trinajstić information content (AvgIpc) is 4.47. The first kappa shape index (κ1) is 62.0. The van der Waals surface area contributed by atoms with E-state index < -0.39 is 53.2 Å². The van der Waals surface area contributed by atoms with Gasteiger partial charge in [0.25, 0.3) is 0 Å². The maximum absolute atomic E-state index is 2.70. The van der Waals surface area contributed by atoms with Gasteiger partial charge in [0, 0.05) is 0 Å². The quantitative estimate of drug-likeness (QED) is 0.120. The Hall–Kier alpha value is -4.53. The molecule has 12 rings (SSSR count). The molecule has 8 aromatic rings. The van der Waals surface area contributed by atoms with Crippen LogP contribution < -0.4 is 52.2 Å². The van der Waals surface area contributed by atoms with Gasteiger partial charge < -0.3 is 24.8 Å². The molecule has 0 amide bonds. The van der Waals surface area contributed by atoms with Gasteiger partial charge in [-0.15, -0.1) is 0 Å². The van der Waals surface area contributed by atoms with Crippen molar-refractivity contribution in [1.29, 1.82) is 0 Å². The molecule has 4 aliphatic carbocycles. The van der Waals surface area contributed by atoms with Crippen molar-refractivity contribution in [2.75, 3.05) is 0 Å². The van der Waals surface area contributed by atoms with Crippen molar-refractivity contribution in [2.24, 2.45) is 0 Å². The molecule has 6 heteroatoms. The molecule has 0 saturated carbocycles. The monoisotopic (exact) mass is 1480 g/mol. The van der Waals surface area contributed by atoms with E-state index in [0.29, 0.717) is 0 Å². The van der Waals surface area contributed by atoms with E-state index in [1.54, 1.807) is 56.3 Å². The molecule has 0 atom stereocenters. The van der Waals surface area contributed by atoms with Gasteiger partial charge in [-0.2, -0.15) is 0 Å². The summed E-state index contributed by atoms with van der Waals surface area (Å²) in [7, 11) is 0. The van der Waals surface area contributed by atoms with Gasteiger partial charge in [0.15, 0.2) is 0 Å². The third-order valence-corrected chi connectivity index (χ3v) is 75.8. The van der Waals surface area contributed by atoms with Crippen LogP contribution in [0.25, 0.3) is 22.3 Å². The number of fused-ring (bicyclic) bond motifs is 6. The van der Waals surface area contributed by atoms with Crippen molar-refractivity contribution in [3.63, 3.8) is 0 Å². The van der Waals surface area contributed by atoms with Crippen molar-refractivity contribution in [1.82, 2.24) is 0 Å². The molecule has 0 unspecified atom stereocenters. The minimum absolute atomic E-state index is 0. The fourth-order valence-corrected chi connectivity index (χ4v) is 77.4. The number of hydrogen-bond donors (Lipinski definition) is 0. The fourth-order valence-electron chi connectivity index (χ4n) is 13.3. The number of rotatable bonds is 10. The molecule has 8 aromatic carbocycles. The molecule has 0 nitrogen and oxygen atoms in total. The van der Waals surface area contributed by atoms with Crippen LogP contribution in [0.2, 0.25) is 0 Å². The molecule has 0 N–H and O–H groups in total. The van der Waals surface area contributed by atoms with E-state index in [0.717, 1.165) is 25.7 Å². The Balaban J connectivity index is 0.000000193. The summed E-state index contributed by atoms with van der Waals surface area (Å²) in [5, 5.41) is 6.46. The maximum atomic E-state index is 2.70. The molecule has 0 bridgehead atoms. The Labute approximate surface area is 522 Å². The first-order valence-electron chi connectivity index (χ1n) is 29.5. The van der Waals surface area contributed by atoms with Crippen LogP contribution in [0.1, 0.15) is 140 Å². The second-order valence-electron chi connectivity index (χ2n) is 27.1. The van der Waals surface area contributed by atoms with Crippen LogP contribution in [0.4, 0.5) is 0 Å². The standard InChI is InChI=1S/2C21H25.2C12H11Si.2C5H5.2ClH.2Hf/c2*1-20(2,3)15-11-10-14-12-18-16(17(14)13-15)8-7-9-19(18)21(4,5)6;2*1-3-7-11(8-4-1)13-12-9-5-2-6-10-12;2*1-2-4-5-3-1;;;;/h2*7-9,11,13H,12H2,1-6H3;2*1-10,13H;2*1-3H,4H2;2*1H;;/q;;;;;;;;2*+1/p-2. The third kappa shape index (κ3) is 12.7. The summed E-state index contributed by atoms with van der Waals surface area (Å²) in [6, 6.07) is 71.1. The van der Waals surface area contributed by atoms with E-state index in [9.17, 15) is 0 Å². The third-order valence-electron chi connectivity index (χ3n) is 17.4. The summed E-state index contributed by atoms with van der Waals surface area (Å²) in [6.07, 6.45) is 19.0. The fraction of sp³-hybridized carbons (Fsp3) is 0.263. The van der Waals surface area contributed by atoms with Crippen LogP contribution in [-0.2, 0) is 75.7 Å². The Bertz CT molecular complexity index is 3380. The molecular weight excluding hydrogens is 1400 g/mol. The largest absolute Gasteiger partial charge is 1.00 e. The summed E-state index contributed by atoms with van der Waals surface area (Å²) in [4.78, 5) is 0. The predicted octanol–water partition coefficient (Wildman–Crippen LogP) is 8.96. The molecule has 0 fully saturated rings. The van der Waals surface area contributed by atoms with Gasteiger partial charge in [-0.05, 0) is 0 Å². The smallest absolute Gasteiger partial charge is 1.00 e. The molecule has 0 aromatic heterocycles. The number of halogens is 2. The molecular formula is C76H82Cl2Hf2Si2. The zero-order valence-electron chi connectivity index (χ0n) is 50.5. The van der Waals surface area contributed by atoms with E-state index in [2.05, 4.69) is 302 Å². The molecule has 0 radical (unpaired) electrons. The molecule has 0 heterocycles. The van der Waals surface area contributed by atoms with Crippen molar-refractivity contribution < 1.29 is 66.0 Å². The van der Waals surface area contributed by atoms with Gasteiger partial charge in [0.05, 0.1) is 0 Å². The zero-order chi connectivity index (χ0) is 56.1. The van der Waals surface area contributed by atoms with Crippen molar-refractivity contribution >= 4 is 39.4 Å². The molecule has 0 spiro atoms. The minimum atomic E-state index is -2.68. The predicted molar refractivity (Wildman–Crippen MR) is 346 cm³/mol. The van der Waals surface area contributed by atoms with E-state index in [4.69, 9.17) is 0 Å². The van der Waals surface area contributed by atoms with Gasteiger partial charge in [-0.1, -0.05) is 0 Å². The van der Waals surface area contributed by atoms with Gasteiger partial charge >= 0.3 is 503 Å². The van der Waals surface area contributed by atoms with E-state index in [1.807, 2.05) is 0 Å². The summed E-state index contributed by atoms with van der Waals surface area (Å²) >= 11 is -5.35. The zero-order valence-corrected chi connectivity index (χ0v) is 61.5. The van der Waals surface area contributed by atoms with Crippen LogP contribution in [0.15, 0.2) is 225 Å². The average molecular weight is 1480 g/mol. The summed E-state index contributed by atoms with van der Waals surface area (Å²) in [6.45, 7) is 28.6. The van der Waals surface area contributed by atoms with Gasteiger partial charge in [0.1, 0.15) is 0 Å². The van der Waals surface area contributed by atoms with Gasteiger partial charge in [0.2, 0.25) is 0 Å². The Morgan fingerprint density at radius 3 is 0.915 bits per heavy atom. The van der Waals surface area contributed by atoms with Gasteiger partial charge in [-0.3, -0.25) is 0 Å². The van der Waals surface area contributed by atoms with Crippen LogP contribution >= 0.6 is 0 Å². The van der Waals surface area contributed by atoms with Crippen molar-refractivity contribution in [3.05, 3.63) is 270 Å². The van der Waals surface area contributed by atoms with Crippen molar-refractivity contribution in [2.45, 2.75) is 130 Å². The van der Waals surface area contributed by atoms with Crippen molar-refractivity contribution in [3.8, 4) is 22.3 Å². The topological polar surface area (TPSA) is 0 Å². The second kappa shape index (κ2) is 25.2. The van der Waals surface area contributed by atoms with Gasteiger partial charge in [-0.25, -0.2) is 0 Å². The van der Waals surface area contributed by atoms with Crippen LogP contribution in [-0.4, -0.2) is 12.0 Å². The van der Waals surface area contributed by atoms with E-state index in [1.165, 1.54) is 44.5 Å². The summed E-state index contributed by atoms with van der Waals surface area (Å²) < 4.78 is 7.13. The summed E-state index contributed by atoms with van der Waals surface area (Å²) in [5.41, 5.74) is 18.9. The summed E-state index contributed by atoms with van der Waals surface area (Å²) in [5.74, 6) is -2.99. The first-order chi connectivity index (χ1) is 38.3. The minimum Gasteiger partial charge on any atom is -1.00 e. The molecule has 82 heavy (non-hydrogen) atoms. The number of hydrogen-bond acceptors (Lipinski definition) is 0.